The Hall–Kier alpha value is -1.51. The van der Waals surface area contributed by atoms with Crippen LogP contribution in [0.4, 0.5) is 5.95 Å². The molecule has 0 amide bonds. The van der Waals surface area contributed by atoms with Gasteiger partial charge in [-0.3, -0.25) is 0 Å². The molecule has 0 radical (unpaired) electrons. The highest BCUT2D eigenvalue weighted by atomic mass is 32.1. The smallest absolute Gasteiger partial charge is 0.223 e. The van der Waals surface area contributed by atoms with Crippen LogP contribution >= 0.6 is 12.2 Å². The lowest BCUT2D eigenvalue weighted by molar-refractivity contribution is 0.0688. The van der Waals surface area contributed by atoms with E-state index < -0.39 is 0 Å². The van der Waals surface area contributed by atoms with Crippen LogP contribution < -0.4 is 16.0 Å². The van der Waals surface area contributed by atoms with E-state index in [0.717, 1.165) is 5.69 Å². The van der Waals surface area contributed by atoms with Gasteiger partial charge in [0.1, 0.15) is 12.2 Å². The molecular formula is C21H33N5O2S. The largest absolute Gasteiger partial charge is 0.371 e. The third-order valence-electron chi connectivity index (χ3n) is 6.05. The lowest BCUT2D eigenvalue weighted by atomic mass is 9.92. The summed E-state index contributed by atoms with van der Waals surface area (Å²) in [7, 11) is 0. The second-order valence-corrected chi connectivity index (χ2v) is 9.83. The van der Waals surface area contributed by atoms with Crippen molar-refractivity contribution in [3.63, 3.8) is 0 Å². The summed E-state index contributed by atoms with van der Waals surface area (Å²) in [6, 6.07) is 2.55. The summed E-state index contributed by atoms with van der Waals surface area (Å²) in [6.07, 6.45) is 8.05. The van der Waals surface area contributed by atoms with E-state index in [1.165, 1.54) is 32.1 Å². The van der Waals surface area contributed by atoms with E-state index in [0.29, 0.717) is 30.3 Å². The fraction of sp³-hybridized carbons (Fsp3) is 0.762. The van der Waals surface area contributed by atoms with Crippen molar-refractivity contribution in [2.45, 2.75) is 88.6 Å². The molecule has 1 aromatic rings. The highest BCUT2D eigenvalue weighted by Crippen LogP contribution is 2.29. The Bertz CT molecular complexity index is 719. The van der Waals surface area contributed by atoms with Gasteiger partial charge < -0.3 is 25.4 Å². The molecule has 29 heavy (non-hydrogen) atoms. The molecule has 0 bridgehead atoms. The van der Waals surface area contributed by atoms with Gasteiger partial charge in [-0.05, 0) is 31.1 Å². The first-order valence-electron chi connectivity index (χ1n) is 10.8. The van der Waals surface area contributed by atoms with Crippen molar-refractivity contribution < 1.29 is 9.47 Å². The Balaban J connectivity index is 1.31. The summed E-state index contributed by atoms with van der Waals surface area (Å²) >= 11 is 5.55. The van der Waals surface area contributed by atoms with Crippen LogP contribution in [-0.4, -0.2) is 58.6 Å². The van der Waals surface area contributed by atoms with E-state index in [9.17, 15) is 0 Å². The molecule has 8 heteroatoms. The highest BCUT2D eigenvalue weighted by molar-refractivity contribution is 7.80. The Kier molecular flexibility index (Phi) is 6.22. The number of hydrogen-bond acceptors (Lipinski definition) is 6. The van der Waals surface area contributed by atoms with Gasteiger partial charge in [0, 0.05) is 17.7 Å². The van der Waals surface area contributed by atoms with Gasteiger partial charge in [0.15, 0.2) is 5.11 Å². The maximum atomic E-state index is 6.07. The lowest BCUT2D eigenvalue weighted by Gasteiger charge is -2.26. The van der Waals surface area contributed by atoms with Crippen LogP contribution in [0.5, 0.6) is 0 Å². The fourth-order valence-electron chi connectivity index (χ4n) is 4.40. The van der Waals surface area contributed by atoms with Crippen LogP contribution in [0.3, 0.4) is 0 Å². The highest BCUT2D eigenvalue weighted by Gasteiger charge is 2.48. The van der Waals surface area contributed by atoms with Crippen LogP contribution in [0, 0.1) is 0 Å². The Morgan fingerprint density at radius 1 is 1.03 bits per heavy atom. The molecule has 3 fully saturated rings. The Labute approximate surface area is 178 Å². The predicted octanol–water partition coefficient (Wildman–Crippen LogP) is 2.52. The lowest BCUT2D eigenvalue weighted by Crippen LogP contribution is -2.51. The summed E-state index contributed by atoms with van der Waals surface area (Å²) in [5.41, 5.74) is 0.991. The average Bonchev–Trinajstić information content (AvgIpc) is 3.26. The zero-order chi connectivity index (χ0) is 20.4. The molecule has 0 aromatic carbocycles. The number of nitrogens with zero attached hydrogens (tertiary/aromatic N) is 2. The number of ether oxygens (including phenoxy) is 2. The molecule has 0 spiro atoms. The molecule has 3 N–H and O–H groups in total. The first-order chi connectivity index (χ1) is 13.9. The van der Waals surface area contributed by atoms with Gasteiger partial charge in [0.2, 0.25) is 5.95 Å². The number of thiocarbonyl (C=S) groups is 1. The molecule has 1 saturated carbocycles. The third-order valence-corrected chi connectivity index (χ3v) is 6.28. The van der Waals surface area contributed by atoms with Crippen molar-refractivity contribution in [1.29, 1.82) is 0 Å². The van der Waals surface area contributed by atoms with E-state index in [-0.39, 0.29) is 29.7 Å². The van der Waals surface area contributed by atoms with Crippen LogP contribution in [0.1, 0.15) is 58.6 Å². The molecule has 160 valence electrons. The van der Waals surface area contributed by atoms with E-state index in [4.69, 9.17) is 21.7 Å². The van der Waals surface area contributed by atoms with Crippen molar-refractivity contribution in [3.05, 3.63) is 18.0 Å². The summed E-state index contributed by atoms with van der Waals surface area (Å²) in [5.74, 6) is 0.626. The van der Waals surface area contributed by atoms with Gasteiger partial charge in [-0.15, -0.1) is 0 Å². The maximum absolute atomic E-state index is 6.07. The van der Waals surface area contributed by atoms with Crippen molar-refractivity contribution >= 4 is 23.3 Å². The molecule has 3 heterocycles. The van der Waals surface area contributed by atoms with Crippen LogP contribution in [0.15, 0.2) is 12.3 Å². The Morgan fingerprint density at radius 3 is 2.45 bits per heavy atom. The number of aromatic nitrogens is 2. The molecule has 7 nitrogen and oxygen atoms in total. The predicted molar refractivity (Wildman–Crippen MR) is 117 cm³/mol. The zero-order valence-electron chi connectivity index (χ0n) is 17.6. The number of fused-ring (bicyclic) bond motifs is 1. The molecule has 3 aliphatic rings. The van der Waals surface area contributed by atoms with Gasteiger partial charge in [0.05, 0.1) is 31.0 Å². The van der Waals surface area contributed by atoms with E-state index in [1.807, 2.05) is 6.07 Å². The number of rotatable bonds is 4. The summed E-state index contributed by atoms with van der Waals surface area (Å²) in [6.45, 7) is 7.60. The van der Waals surface area contributed by atoms with Gasteiger partial charge in [-0.25, -0.2) is 9.97 Å². The van der Waals surface area contributed by atoms with E-state index in [2.05, 4.69) is 46.7 Å². The first kappa shape index (κ1) is 20.8. The summed E-state index contributed by atoms with van der Waals surface area (Å²) in [5, 5.41) is 11.0. The second kappa shape index (κ2) is 8.70. The van der Waals surface area contributed by atoms with Crippen LogP contribution in [0.25, 0.3) is 0 Å². The first-order valence-corrected chi connectivity index (χ1v) is 11.2. The second-order valence-electron chi connectivity index (χ2n) is 9.42. The minimum Gasteiger partial charge on any atom is -0.371 e. The quantitative estimate of drug-likeness (QED) is 0.643. The molecule has 2 aliphatic heterocycles. The van der Waals surface area contributed by atoms with Gasteiger partial charge >= 0.3 is 0 Å². The van der Waals surface area contributed by atoms with Crippen LogP contribution in [-0.2, 0) is 14.9 Å². The summed E-state index contributed by atoms with van der Waals surface area (Å²) < 4.78 is 12.1. The van der Waals surface area contributed by atoms with Crippen molar-refractivity contribution in [3.8, 4) is 0 Å². The standard InChI is InChI=1S/C21H33N5O2S/c1-21(2,3)16-9-10-22-19(26-16)24-14-11-27-18-15(12-28-17(14)18)25-20(29)23-13-7-5-4-6-8-13/h9-10,13-15,17-18H,4-8,11-12H2,1-3H3,(H,22,24,26)(H2,23,25,29)/t14-,15+,17-,18+/m1/s1. The molecule has 1 aromatic heterocycles. The Morgan fingerprint density at radius 2 is 1.72 bits per heavy atom. The number of nitrogens with one attached hydrogen (secondary N) is 3. The van der Waals surface area contributed by atoms with Crippen molar-refractivity contribution in [2.24, 2.45) is 0 Å². The fourth-order valence-corrected chi connectivity index (χ4v) is 4.72. The molecule has 2 saturated heterocycles. The third kappa shape index (κ3) is 4.98. The average molecular weight is 420 g/mol. The normalized spacial score (nSPS) is 30.0. The molecular weight excluding hydrogens is 386 g/mol. The van der Waals surface area contributed by atoms with Gasteiger partial charge in [0.25, 0.3) is 0 Å². The monoisotopic (exact) mass is 419 g/mol. The zero-order valence-corrected chi connectivity index (χ0v) is 18.4. The number of anilines is 1. The summed E-state index contributed by atoms with van der Waals surface area (Å²) in [4.78, 5) is 9.06. The van der Waals surface area contributed by atoms with Crippen molar-refractivity contribution in [2.75, 3.05) is 18.5 Å². The van der Waals surface area contributed by atoms with E-state index >= 15 is 0 Å². The maximum Gasteiger partial charge on any atom is 0.223 e. The molecule has 0 unspecified atom stereocenters. The molecule has 4 rings (SSSR count). The minimum absolute atomic E-state index is 0.0199. The van der Waals surface area contributed by atoms with Gasteiger partial charge in [-0.2, -0.15) is 0 Å². The number of hydrogen-bond donors (Lipinski definition) is 3. The topological polar surface area (TPSA) is 80.3 Å². The molecule has 1 aliphatic carbocycles. The SMILES string of the molecule is CC(C)(C)c1ccnc(N[C@@H]2CO[C@@H]3[C@@H]2OC[C@@H]3NC(=S)NC2CCCCC2)n1. The van der Waals surface area contributed by atoms with Crippen molar-refractivity contribution in [1.82, 2.24) is 20.6 Å². The van der Waals surface area contributed by atoms with E-state index in [1.54, 1.807) is 6.20 Å². The molecule has 4 atom stereocenters. The van der Waals surface area contributed by atoms with Gasteiger partial charge in [-0.1, -0.05) is 40.0 Å². The van der Waals surface area contributed by atoms with Crippen LogP contribution in [0.2, 0.25) is 0 Å². The minimum atomic E-state index is -0.0353.